The van der Waals surface area contributed by atoms with Gasteiger partial charge in [0.05, 0.1) is 0 Å². The first-order valence-electron chi connectivity index (χ1n) is 8.30. The molecule has 124 valence electrons. The molecule has 0 atom stereocenters. The summed E-state index contributed by atoms with van der Waals surface area (Å²) in [5, 5.41) is 5.36. The summed E-state index contributed by atoms with van der Waals surface area (Å²) in [6, 6.07) is 11.9. The summed E-state index contributed by atoms with van der Waals surface area (Å²) < 4.78 is 0. The van der Waals surface area contributed by atoms with E-state index < -0.39 is 11.8 Å². The van der Waals surface area contributed by atoms with Gasteiger partial charge in [-0.05, 0) is 67.5 Å². The molecule has 2 N–H and O–H groups in total. The minimum Gasteiger partial charge on any atom is -0.344 e. The van der Waals surface area contributed by atoms with Gasteiger partial charge in [-0.1, -0.05) is 29.8 Å². The molecule has 0 fully saturated rings. The maximum absolute atomic E-state index is 12.0. The van der Waals surface area contributed by atoms with Crippen LogP contribution in [0.4, 0.5) is 5.69 Å². The van der Waals surface area contributed by atoms with E-state index in [1.807, 2.05) is 44.2 Å². The summed E-state index contributed by atoms with van der Waals surface area (Å²) in [6.45, 7) is 4.38. The molecule has 0 radical (unpaired) electrons. The molecule has 2 aromatic rings. The summed E-state index contributed by atoms with van der Waals surface area (Å²) in [7, 11) is 0. The molecule has 1 aliphatic carbocycles. The molecule has 2 amide bonds. The maximum Gasteiger partial charge on any atom is 0.313 e. The largest absolute Gasteiger partial charge is 0.344 e. The van der Waals surface area contributed by atoms with Gasteiger partial charge in [0.1, 0.15) is 0 Å². The van der Waals surface area contributed by atoms with E-state index in [0.29, 0.717) is 12.2 Å². The van der Waals surface area contributed by atoms with E-state index in [0.717, 1.165) is 30.4 Å². The van der Waals surface area contributed by atoms with E-state index in [-0.39, 0.29) is 0 Å². The third-order valence-electron chi connectivity index (χ3n) is 4.50. The van der Waals surface area contributed by atoms with Crippen LogP contribution in [0.5, 0.6) is 0 Å². The van der Waals surface area contributed by atoms with Gasteiger partial charge >= 0.3 is 11.8 Å². The van der Waals surface area contributed by atoms with Crippen LogP contribution in [0.3, 0.4) is 0 Å². The summed E-state index contributed by atoms with van der Waals surface area (Å²) in [5.74, 6) is -1.24. The quantitative estimate of drug-likeness (QED) is 0.853. The summed E-state index contributed by atoms with van der Waals surface area (Å²) in [5.41, 5.74) is 6.59. The van der Waals surface area contributed by atoms with E-state index in [1.165, 1.54) is 16.7 Å². The molecule has 0 aromatic heterocycles. The van der Waals surface area contributed by atoms with Crippen molar-refractivity contribution in [3.8, 4) is 0 Å². The molecule has 0 spiro atoms. The van der Waals surface area contributed by atoms with Crippen molar-refractivity contribution in [2.45, 2.75) is 39.7 Å². The second kappa shape index (κ2) is 6.87. The van der Waals surface area contributed by atoms with E-state index in [2.05, 4.69) is 16.7 Å². The molecule has 0 aliphatic heterocycles. The smallest absolute Gasteiger partial charge is 0.313 e. The number of fused-ring (bicyclic) bond motifs is 1. The van der Waals surface area contributed by atoms with Crippen LogP contribution in [-0.4, -0.2) is 11.8 Å². The molecule has 1 aliphatic rings. The zero-order chi connectivity index (χ0) is 17.1. The average molecular weight is 322 g/mol. The topological polar surface area (TPSA) is 58.2 Å². The number of hydrogen-bond acceptors (Lipinski definition) is 2. The van der Waals surface area contributed by atoms with Crippen LogP contribution in [0, 0.1) is 13.8 Å². The number of nitrogens with one attached hydrogen (secondary N) is 2. The van der Waals surface area contributed by atoms with E-state index in [4.69, 9.17) is 0 Å². The number of amides is 2. The number of hydrogen-bond donors (Lipinski definition) is 2. The highest BCUT2D eigenvalue weighted by atomic mass is 16.2. The average Bonchev–Trinajstić information content (AvgIpc) is 3.01. The molecule has 24 heavy (non-hydrogen) atoms. The van der Waals surface area contributed by atoms with Gasteiger partial charge in [-0.3, -0.25) is 9.59 Å². The van der Waals surface area contributed by atoms with Crippen LogP contribution in [0.25, 0.3) is 0 Å². The molecule has 2 aromatic carbocycles. The lowest BCUT2D eigenvalue weighted by Crippen LogP contribution is -2.35. The van der Waals surface area contributed by atoms with Gasteiger partial charge in [0.2, 0.25) is 0 Å². The Labute approximate surface area is 142 Å². The molecule has 4 heteroatoms. The highest BCUT2D eigenvalue weighted by Crippen LogP contribution is 2.24. The number of carbonyl (C=O) groups is 2. The first kappa shape index (κ1) is 16.2. The molecule has 0 heterocycles. The van der Waals surface area contributed by atoms with Crippen molar-refractivity contribution >= 4 is 17.5 Å². The predicted octanol–water partition coefficient (Wildman–Crippen LogP) is 3.05. The van der Waals surface area contributed by atoms with Gasteiger partial charge in [0, 0.05) is 12.2 Å². The van der Waals surface area contributed by atoms with Gasteiger partial charge in [-0.25, -0.2) is 0 Å². The first-order chi connectivity index (χ1) is 11.5. The monoisotopic (exact) mass is 322 g/mol. The molecule has 0 unspecified atom stereocenters. The summed E-state index contributed by atoms with van der Waals surface area (Å²) >= 11 is 0. The number of carbonyl (C=O) groups excluding carboxylic acids is 2. The van der Waals surface area contributed by atoms with E-state index in [9.17, 15) is 9.59 Å². The molecule has 0 saturated carbocycles. The van der Waals surface area contributed by atoms with Crippen LogP contribution in [0.2, 0.25) is 0 Å². The van der Waals surface area contributed by atoms with Crippen molar-refractivity contribution in [3.63, 3.8) is 0 Å². The van der Waals surface area contributed by atoms with Crippen molar-refractivity contribution in [1.29, 1.82) is 0 Å². The van der Waals surface area contributed by atoms with Gasteiger partial charge in [0.25, 0.3) is 0 Å². The van der Waals surface area contributed by atoms with Crippen molar-refractivity contribution in [3.05, 3.63) is 64.2 Å². The van der Waals surface area contributed by atoms with E-state index in [1.54, 1.807) is 0 Å². The Hall–Kier alpha value is -2.62. The number of rotatable bonds is 3. The third-order valence-corrected chi connectivity index (χ3v) is 4.50. The van der Waals surface area contributed by atoms with Crippen LogP contribution in [0.1, 0.15) is 34.2 Å². The first-order valence-corrected chi connectivity index (χ1v) is 8.30. The van der Waals surface area contributed by atoms with Crippen LogP contribution >= 0.6 is 0 Å². The van der Waals surface area contributed by atoms with Crippen molar-refractivity contribution in [2.75, 3.05) is 5.32 Å². The lowest BCUT2D eigenvalue weighted by molar-refractivity contribution is -0.136. The van der Waals surface area contributed by atoms with Gasteiger partial charge in [0.15, 0.2) is 0 Å². The Morgan fingerprint density at radius 1 is 0.958 bits per heavy atom. The normalized spacial score (nSPS) is 12.6. The Balaban J connectivity index is 1.58. The molecular formula is C20H22N2O2. The van der Waals surface area contributed by atoms with Gasteiger partial charge < -0.3 is 10.6 Å². The fourth-order valence-corrected chi connectivity index (χ4v) is 3.14. The molecule has 3 rings (SSSR count). The van der Waals surface area contributed by atoms with E-state index >= 15 is 0 Å². The highest BCUT2D eigenvalue weighted by molar-refractivity contribution is 6.39. The highest BCUT2D eigenvalue weighted by Gasteiger charge is 2.16. The zero-order valence-corrected chi connectivity index (χ0v) is 14.1. The van der Waals surface area contributed by atoms with Crippen LogP contribution in [-0.2, 0) is 29.0 Å². The standard InChI is InChI=1S/C20H22N2O2/c1-13-6-7-17(14(2)10-13)12-21-19(23)20(24)22-18-9-8-15-4-3-5-16(15)11-18/h6-11H,3-5,12H2,1-2H3,(H,21,23)(H,22,24). The lowest BCUT2D eigenvalue weighted by atomic mass is 10.1. The number of anilines is 1. The predicted molar refractivity (Wildman–Crippen MR) is 94.9 cm³/mol. The van der Waals surface area contributed by atoms with Crippen molar-refractivity contribution in [2.24, 2.45) is 0 Å². The summed E-state index contributed by atoms with van der Waals surface area (Å²) in [6.07, 6.45) is 3.29. The Morgan fingerprint density at radius 3 is 2.54 bits per heavy atom. The second-order valence-electron chi connectivity index (χ2n) is 6.40. The fraction of sp³-hybridized carbons (Fsp3) is 0.300. The fourth-order valence-electron chi connectivity index (χ4n) is 3.14. The Bertz CT molecular complexity index is 796. The summed E-state index contributed by atoms with van der Waals surface area (Å²) in [4.78, 5) is 24.1. The van der Waals surface area contributed by atoms with Crippen LogP contribution < -0.4 is 10.6 Å². The lowest BCUT2D eigenvalue weighted by Gasteiger charge is -2.10. The number of aryl methyl sites for hydroxylation is 4. The SMILES string of the molecule is Cc1ccc(CNC(=O)C(=O)Nc2ccc3c(c2)CCC3)c(C)c1. The Morgan fingerprint density at radius 2 is 1.75 bits per heavy atom. The number of benzene rings is 2. The minimum atomic E-state index is -0.627. The van der Waals surface area contributed by atoms with Gasteiger partial charge in [-0.15, -0.1) is 0 Å². The molecule has 0 saturated heterocycles. The minimum absolute atomic E-state index is 0.350. The maximum atomic E-state index is 12.0. The third kappa shape index (κ3) is 3.65. The van der Waals surface area contributed by atoms with Gasteiger partial charge in [-0.2, -0.15) is 0 Å². The molecule has 4 nitrogen and oxygen atoms in total. The van der Waals surface area contributed by atoms with Crippen LogP contribution in [0.15, 0.2) is 36.4 Å². The molecular weight excluding hydrogens is 300 g/mol. The Kier molecular flexibility index (Phi) is 4.65. The zero-order valence-electron chi connectivity index (χ0n) is 14.1. The second-order valence-corrected chi connectivity index (χ2v) is 6.40. The van der Waals surface area contributed by atoms with Crippen molar-refractivity contribution in [1.82, 2.24) is 5.32 Å². The van der Waals surface area contributed by atoms with Crippen molar-refractivity contribution < 1.29 is 9.59 Å². The molecule has 0 bridgehead atoms.